The van der Waals surface area contributed by atoms with Gasteiger partial charge in [-0.1, -0.05) is 43.3 Å². The van der Waals surface area contributed by atoms with E-state index in [2.05, 4.69) is 62.4 Å². The molecule has 0 fully saturated rings. The smallest absolute Gasteiger partial charge is 0.0143 e. The summed E-state index contributed by atoms with van der Waals surface area (Å²) in [4.78, 5) is 0. The minimum absolute atomic E-state index is 1.05. The molecule has 0 aliphatic heterocycles. The molecule has 0 saturated carbocycles. The molecular formula is C15H15. The molecule has 0 bridgehead atoms. The Labute approximate surface area is 91.6 Å². The van der Waals surface area contributed by atoms with Crippen LogP contribution in [-0.2, 0) is 6.42 Å². The van der Waals surface area contributed by atoms with E-state index in [-0.39, 0.29) is 0 Å². The van der Waals surface area contributed by atoms with Crippen LogP contribution in [0.3, 0.4) is 0 Å². The maximum Gasteiger partial charge on any atom is -0.0143 e. The summed E-state index contributed by atoms with van der Waals surface area (Å²) < 4.78 is 0. The van der Waals surface area contributed by atoms with Crippen LogP contribution in [-0.4, -0.2) is 0 Å². The summed E-state index contributed by atoms with van der Waals surface area (Å²) in [6, 6.07) is 18.2. The van der Waals surface area contributed by atoms with Gasteiger partial charge in [0.05, 0.1) is 0 Å². The zero-order valence-corrected chi connectivity index (χ0v) is 9.25. The lowest BCUT2D eigenvalue weighted by atomic mass is 9.99. The van der Waals surface area contributed by atoms with Gasteiger partial charge in [0.2, 0.25) is 0 Å². The van der Waals surface area contributed by atoms with Crippen molar-refractivity contribution in [3.05, 3.63) is 59.7 Å². The Hall–Kier alpha value is -1.56. The summed E-state index contributed by atoms with van der Waals surface area (Å²) in [6.07, 6.45) is 1.05. The van der Waals surface area contributed by atoms with Crippen LogP contribution in [0.4, 0.5) is 0 Å². The molecule has 2 aromatic carbocycles. The second-order valence-corrected chi connectivity index (χ2v) is 3.77. The topological polar surface area (TPSA) is 0 Å². The van der Waals surface area contributed by atoms with Gasteiger partial charge in [-0.25, -0.2) is 0 Å². The van der Waals surface area contributed by atoms with Gasteiger partial charge in [0, 0.05) is 0 Å². The molecule has 2 rings (SSSR count). The molecule has 0 heteroatoms. The van der Waals surface area contributed by atoms with E-state index in [9.17, 15) is 0 Å². The molecule has 0 heterocycles. The fourth-order valence-electron chi connectivity index (χ4n) is 1.74. The second kappa shape index (κ2) is 4.31. The molecule has 0 aliphatic rings. The van der Waals surface area contributed by atoms with Gasteiger partial charge < -0.3 is 0 Å². The van der Waals surface area contributed by atoms with Gasteiger partial charge in [0.15, 0.2) is 0 Å². The Balaban J connectivity index is 2.42. The first kappa shape index (κ1) is 9.97. The maximum absolute atomic E-state index is 3.31. The third kappa shape index (κ3) is 2.10. The number of hydrogen-bond acceptors (Lipinski definition) is 0. The van der Waals surface area contributed by atoms with Crippen molar-refractivity contribution in [2.24, 2.45) is 0 Å². The minimum atomic E-state index is 1.05. The van der Waals surface area contributed by atoms with E-state index < -0.39 is 0 Å². The normalized spacial score (nSPS) is 10.3. The van der Waals surface area contributed by atoms with Crippen molar-refractivity contribution >= 4 is 0 Å². The van der Waals surface area contributed by atoms with Crippen LogP contribution < -0.4 is 0 Å². The Bertz CT molecular complexity index is 438. The number of benzene rings is 2. The molecule has 0 aromatic heterocycles. The molecule has 0 nitrogen and oxygen atoms in total. The first-order valence-corrected chi connectivity index (χ1v) is 5.38. The van der Waals surface area contributed by atoms with Crippen molar-refractivity contribution in [2.45, 2.75) is 20.3 Å². The largest absolute Gasteiger partial charge is 0.0620 e. The van der Waals surface area contributed by atoms with Crippen LogP contribution in [0.5, 0.6) is 0 Å². The Morgan fingerprint density at radius 1 is 1.07 bits per heavy atom. The third-order valence-corrected chi connectivity index (χ3v) is 2.71. The van der Waals surface area contributed by atoms with Crippen LogP contribution in [0.25, 0.3) is 11.1 Å². The number of hydrogen-bond donors (Lipinski definition) is 0. The molecule has 0 amide bonds. The summed E-state index contributed by atoms with van der Waals surface area (Å²) in [5, 5.41) is 0. The quantitative estimate of drug-likeness (QED) is 0.678. The highest BCUT2D eigenvalue weighted by Gasteiger charge is 2.00. The monoisotopic (exact) mass is 195 g/mol. The highest BCUT2D eigenvalue weighted by atomic mass is 14.0. The van der Waals surface area contributed by atoms with Crippen molar-refractivity contribution in [2.75, 3.05) is 0 Å². The average Bonchev–Trinajstić information content (AvgIpc) is 2.30. The van der Waals surface area contributed by atoms with Gasteiger partial charge >= 0.3 is 0 Å². The molecule has 0 unspecified atom stereocenters. The van der Waals surface area contributed by atoms with Gasteiger partial charge in [-0.15, -0.1) is 0 Å². The first-order chi connectivity index (χ1) is 7.31. The average molecular weight is 195 g/mol. The van der Waals surface area contributed by atoms with Crippen LogP contribution in [0.15, 0.2) is 42.5 Å². The first-order valence-electron chi connectivity index (χ1n) is 5.38. The lowest BCUT2D eigenvalue weighted by Gasteiger charge is -2.05. The third-order valence-electron chi connectivity index (χ3n) is 2.71. The van der Waals surface area contributed by atoms with Gasteiger partial charge in [-0.3, -0.25) is 0 Å². The van der Waals surface area contributed by atoms with Gasteiger partial charge in [-0.05, 0) is 47.7 Å². The van der Waals surface area contributed by atoms with E-state index in [0.717, 1.165) is 6.42 Å². The van der Waals surface area contributed by atoms with Crippen molar-refractivity contribution < 1.29 is 0 Å². The molecule has 0 N–H and O–H groups in total. The fourth-order valence-corrected chi connectivity index (χ4v) is 1.74. The highest BCUT2D eigenvalue weighted by Crippen LogP contribution is 2.22. The molecule has 15 heavy (non-hydrogen) atoms. The van der Waals surface area contributed by atoms with Crippen molar-refractivity contribution in [1.82, 2.24) is 0 Å². The van der Waals surface area contributed by atoms with Crippen LogP contribution in [0, 0.1) is 13.0 Å². The molecule has 0 aliphatic carbocycles. The van der Waals surface area contributed by atoms with E-state index in [1.54, 1.807) is 0 Å². The van der Waals surface area contributed by atoms with Crippen LogP contribution >= 0.6 is 0 Å². The zero-order valence-electron chi connectivity index (χ0n) is 9.25. The van der Waals surface area contributed by atoms with E-state index in [1.807, 2.05) is 0 Å². The standard InChI is InChI=1S/C15H15/c1-3-13-8-10-14(11-9-13)15-7-5-4-6-12(15)2/h4-8,10-11H,3H2,1-2H3. The Morgan fingerprint density at radius 3 is 2.47 bits per heavy atom. The molecule has 75 valence electrons. The van der Waals surface area contributed by atoms with Crippen LogP contribution in [0.2, 0.25) is 0 Å². The second-order valence-electron chi connectivity index (χ2n) is 3.77. The lowest BCUT2D eigenvalue weighted by Crippen LogP contribution is -1.84. The lowest BCUT2D eigenvalue weighted by molar-refractivity contribution is 1.14. The summed E-state index contributed by atoms with van der Waals surface area (Å²) in [5.41, 5.74) is 5.14. The summed E-state index contributed by atoms with van der Waals surface area (Å²) >= 11 is 0. The van der Waals surface area contributed by atoms with Crippen LogP contribution in [0.1, 0.15) is 18.1 Å². The predicted molar refractivity (Wildman–Crippen MR) is 64.8 cm³/mol. The van der Waals surface area contributed by atoms with Gasteiger partial charge in [0.1, 0.15) is 0 Å². The highest BCUT2D eigenvalue weighted by molar-refractivity contribution is 5.66. The molecule has 0 atom stereocenters. The molecular weight excluding hydrogens is 180 g/mol. The van der Waals surface area contributed by atoms with Gasteiger partial charge in [-0.2, -0.15) is 0 Å². The molecule has 2 aromatic rings. The number of aryl methyl sites for hydroxylation is 2. The van der Waals surface area contributed by atoms with Crippen molar-refractivity contribution in [3.63, 3.8) is 0 Å². The molecule has 0 saturated heterocycles. The Kier molecular flexibility index (Phi) is 2.86. The summed E-state index contributed by atoms with van der Waals surface area (Å²) in [5.74, 6) is 0. The van der Waals surface area contributed by atoms with E-state index in [1.165, 1.54) is 22.3 Å². The van der Waals surface area contributed by atoms with Crippen molar-refractivity contribution in [1.29, 1.82) is 0 Å². The number of rotatable bonds is 2. The predicted octanol–water partition coefficient (Wildman–Crippen LogP) is 4.02. The fraction of sp³-hybridized carbons (Fsp3) is 0.200. The van der Waals surface area contributed by atoms with Gasteiger partial charge in [0.25, 0.3) is 0 Å². The Morgan fingerprint density at radius 2 is 1.87 bits per heavy atom. The van der Waals surface area contributed by atoms with Crippen molar-refractivity contribution in [3.8, 4) is 11.1 Å². The van der Waals surface area contributed by atoms with E-state index in [0.29, 0.717) is 0 Å². The maximum atomic E-state index is 3.31. The minimum Gasteiger partial charge on any atom is -0.0620 e. The molecule has 0 spiro atoms. The SMILES string of the molecule is CCc1[c]cc(-c2ccccc2C)cc1. The summed E-state index contributed by atoms with van der Waals surface area (Å²) in [7, 11) is 0. The van der Waals surface area contributed by atoms with E-state index in [4.69, 9.17) is 0 Å². The zero-order chi connectivity index (χ0) is 10.7. The summed E-state index contributed by atoms with van der Waals surface area (Å²) in [6.45, 7) is 4.29. The molecule has 1 radical (unpaired) electrons. The van der Waals surface area contributed by atoms with E-state index >= 15 is 0 Å².